The Morgan fingerprint density at radius 2 is 2.12 bits per heavy atom. The summed E-state index contributed by atoms with van der Waals surface area (Å²) in [5.41, 5.74) is 0.896. The van der Waals surface area contributed by atoms with Crippen LogP contribution in [0.25, 0.3) is 11.0 Å². The molecule has 1 saturated carbocycles. The Bertz CT molecular complexity index is 980. The number of anilines is 1. The average Bonchev–Trinajstić information content (AvgIpc) is 3.30. The molecular formula is C16H16N4O3S. The van der Waals surface area contributed by atoms with Crippen LogP contribution in [0.5, 0.6) is 5.75 Å². The Morgan fingerprint density at radius 3 is 2.96 bits per heavy atom. The van der Waals surface area contributed by atoms with E-state index < -0.39 is 10.0 Å². The van der Waals surface area contributed by atoms with Crippen LogP contribution in [-0.4, -0.2) is 30.0 Å². The highest BCUT2D eigenvalue weighted by Crippen LogP contribution is 2.33. The third-order valence-electron chi connectivity index (χ3n) is 3.91. The van der Waals surface area contributed by atoms with Crippen molar-refractivity contribution in [2.24, 2.45) is 5.92 Å². The fourth-order valence-corrected chi connectivity index (χ4v) is 3.65. The van der Waals surface area contributed by atoms with E-state index in [-0.39, 0.29) is 4.90 Å². The molecule has 0 atom stereocenters. The van der Waals surface area contributed by atoms with Crippen LogP contribution in [0.3, 0.4) is 0 Å². The van der Waals surface area contributed by atoms with Crippen LogP contribution in [0, 0.1) is 5.92 Å². The van der Waals surface area contributed by atoms with Crippen molar-refractivity contribution >= 4 is 26.7 Å². The number of sulfonamides is 1. The summed E-state index contributed by atoms with van der Waals surface area (Å²) in [6, 6.07) is 7.03. The molecule has 0 saturated heterocycles. The first kappa shape index (κ1) is 14.9. The van der Waals surface area contributed by atoms with Gasteiger partial charge in [0.1, 0.15) is 22.6 Å². The number of benzene rings is 1. The van der Waals surface area contributed by atoms with Crippen molar-refractivity contribution in [2.45, 2.75) is 17.7 Å². The Morgan fingerprint density at radius 1 is 1.29 bits per heavy atom. The van der Waals surface area contributed by atoms with E-state index >= 15 is 0 Å². The van der Waals surface area contributed by atoms with Crippen LogP contribution in [0.15, 0.2) is 47.9 Å². The molecule has 0 spiro atoms. The first-order chi connectivity index (χ1) is 11.6. The summed E-state index contributed by atoms with van der Waals surface area (Å²) in [6.07, 6.45) is 6.59. The van der Waals surface area contributed by atoms with E-state index in [2.05, 4.69) is 19.7 Å². The molecular weight excluding hydrogens is 328 g/mol. The number of para-hydroxylation sites is 2. The van der Waals surface area contributed by atoms with Crippen molar-refractivity contribution in [1.29, 1.82) is 0 Å². The summed E-state index contributed by atoms with van der Waals surface area (Å²) in [5.74, 6) is 1.12. The lowest BCUT2D eigenvalue weighted by atomic mass is 10.3. The normalized spacial score (nSPS) is 14.7. The maximum absolute atomic E-state index is 12.7. The third kappa shape index (κ3) is 2.92. The van der Waals surface area contributed by atoms with Crippen LogP contribution in [-0.2, 0) is 10.0 Å². The molecule has 124 valence electrons. The predicted molar refractivity (Wildman–Crippen MR) is 89.4 cm³/mol. The molecule has 2 N–H and O–H groups in total. The first-order valence-corrected chi connectivity index (χ1v) is 9.13. The van der Waals surface area contributed by atoms with Crippen molar-refractivity contribution in [2.75, 3.05) is 11.3 Å². The van der Waals surface area contributed by atoms with E-state index in [1.165, 1.54) is 31.6 Å². The minimum absolute atomic E-state index is 0.107. The van der Waals surface area contributed by atoms with E-state index in [0.717, 1.165) is 0 Å². The molecule has 2 aromatic heterocycles. The molecule has 1 aromatic carbocycles. The minimum Gasteiger partial charge on any atom is -0.491 e. The van der Waals surface area contributed by atoms with Crippen LogP contribution >= 0.6 is 0 Å². The SMILES string of the molecule is O=S(=O)(Nc1ccccc1OCC1CC1)c1c[nH]c2ncncc12. The number of ether oxygens (including phenoxy) is 1. The zero-order valence-corrected chi connectivity index (χ0v) is 13.6. The van der Waals surface area contributed by atoms with Gasteiger partial charge >= 0.3 is 0 Å². The van der Waals surface area contributed by atoms with E-state index in [4.69, 9.17) is 4.74 Å². The van der Waals surface area contributed by atoms with Gasteiger partial charge in [0.2, 0.25) is 0 Å². The molecule has 1 aliphatic carbocycles. The van der Waals surface area contributed by atoms with Crippen LogP contribution in [0.1, 0.15) is 12.8 Å². The molecule has 3 aromatic rings. The monoisotopic (exact) mass is 344 g/mol. The molecule has 0 amide bonds. The topological polar surface area (TPSA) is 97.0 Å². The highest BCUT2D eigenvalue weighted by Gasteiger charge is 2.24. The van der Waals surface area contributed by atoms with Gasteiger partial charge in [0.25, 0.3) is 10.0 Å². The number of hydrogen-bond donors (Lipinski definition) is 2. The summed E-state index contributed by atoms with van der Waals surface area (Å²) in [6.45, 7) is 0.611. The molecule has 0 aliphatic heterocycles. The molecule has 0 unspecified atom stereocenters. The van der Waals surface area contributed by atoms with E-state index in [9.17, 15) is 8.42 Å². The van der Waals surface area contributed by atoms with E-state index in [0.29, 0.717) is 35.0 Å². The number of aromatic nitrogens is 3. The summed E-state index contributed by atoms with van der Waals surface area (Å²) in [5, 5.41) is 0.446. The van der Waals surface area contributed by atoms with Gasteiger partial charge in [0.05, 0.1) is 17.7 Å². The lowest BCUT2D eigenvalue weighted by molar-refractivity contribution is 0.301. The Labute approximate surface area is 139 Å². The van der Waals surface area contributed by atoms with E-state index in [1.54, 1.807) is 18.2 Å². The molecule has 24 heavy (non-hydrogen) atoms. The lowest BCUT2D eigenvalue weighted by Crippen LogP contribution is -2.14. The lowest BCUT2D eigenvalue weighted by Gasteiger charge is -2.13. The summed E-state index contributed by atoms with van der Waals surface area (Å²) in [4.78, 5) is 10.9. The summed E-state index contributed by atoms with van der Waals surface area (Å²) < 4.78 is 33.8. The summed E-state index contributed by atoms with van der Waals surface area (Å²) in [7, 11) is -3.78. The van der Waals surface area contributed by atoms with Crippen molar-refractivity contribution in [1.82, 2.24) is 15.0 Å². The van der Waals surface area contributed by atoms with Crippen molar-refractivity contribution in [3.63, 3.8) is 0 Å². The van der Waals surface area contributed by atoms with Crippen molar-refractivity contribution < 1.29 is 13.2 Å². The third-order valence-corrected chi connectivity index (χ3v) is 5.32. The fourth-order valence-electron chi connectivity index (χ4n) is 2.43. The Kier molecular flexibility index (Phi) is 3.61. The van der Waals surface area contributed by atoms with Gasteiger partial charge in [-0.05, 0) is 30.9 Å². The predicted octanol–water partition coefficient (Wildman–Crippen LogP) is 2.55. The van der Waals surface area contributed by atoms with Gasteiger partial charge in [-0.2, -0.15) is 0 Å². The van der Waals surface area contributed by atoms with Gasteiger partial charge in [-0.25, -0.2) is 18.4 Å². The number of H-pyrrole nitrogens is 1. The van der Waals surface area contributed by atoms with Crippen LogP contribution in [0.2, 0.25) is 0 Å². The fraction of sp³-hybridized carbons (Fsp3) is 0.250. The highest BCUT2D eigenvalue weighted by molar-refractivity contribution is 7.93. The average molecular weight is 344 g/mol. The van der Waals surface area contributed by atoms with Gasteiger partial charge in [-0.15, -0.1) is 0 Å². The molecule has 1 aliphatic rings. The largest absolute Gasteiger partial charge is 0.491 e. The molecule has 4 rings (SSSR count). The second-order valence-electron chi connectivity index (χ2n) is 5.79. The molecule has 7 nitrogen and oxygen atoms in total. The zero-order valence-electron chi connectivity index (χ0n) is 12.8. The second kappa shape index (κ2) is 5.79. The molecule has 0 radical (unpaired) electrons. The molecule has 2 heterocycles. The van der Waals surface area contributed by atoms with Gasteiger partial charge in [0, 0.05) is 12.4 Å². The maximum atomic E-state index is 12.7. The van der Waals surface area contributed by atoms with Gasteiger partial charge in [0.15, 0.2) is 0 Å². The Balaban J connectivity index is 1.64. The number of rotatable bonds is 6. The second-order valence-corrected chi connectivity index (χ2v) is 7.44. The smallest absolute Gasteiger partial charge is 0.264 e. The van der Waals surface area contributed by atoms with Crippen LogP contribution < -0.4 is 9.46 Å². The number of hydrogen-bond acceptors (Lipinski definition) is 5. The van der Waals surface area contributed by atoms with Gasteiger partial charge in [-0.3, -0.25) is 4.72 Å². The van der Waals surface area contributed by atoms with Crippen molar-refractivity contribution in [3.8, 4) is 5.75 Å². The molecule has 0 bridgehead atoms. The highest BCUT2D eigenvalue weighted by atomic mass is 32.2. The van der Waals surface area contributed by atoms with Gasteiger partial charge in [-0.1, -0.05) is 12.1 Å². The number of nitrogens with one attached hydrogen (secondary N) is 2. The number of aromatic amines is 1. The molecule has 8 heteroatoms. The Hall–Kier alpha value is -2.61. The van der Waals surface area contributed by atoms with Gasteiger partial charge < -0.3 is 9.72 Å². The van der Waals surface area contributed by atoms with Crippen LogP contribution in [0.4, 0.5) is 5.69 Å². The standard InChI is InChI=1S/C16H16N4O3S/c21-24(22,15-8-18-16-12(15)7-17-10-19-16)20-13-3-1-2-4-14(13)23-9-11-5-6-11/h1-4,7-8,10-11,20H,5-6,9H2,(H,17,18,19). The first-order valence-electron chi connectivity index (χ1n) is 7.65. The number of nitrogens with zero attached hydrogens (tertiary/aromatic N) is 2. The zero-order chi connectivity index (χ0) is 16.6. The summed E-state index contributed by atoms with van der Waals surface area (Å²) >= 11 is 0. The maximum Gasteiger partial charge on any atom is 0.264 e. The van der Waals surface area contributed by atoms with Crippen molar-refractivity contribution in [3.05, 3.63) is 43.0 Å². The number of fused-ring (bicyclic) bond motifs is 1. The van der Waals surface area contributed by atoms with E-state index in [1.807, 2.05) is 6.07 Å². The quantitative estimate of drug-likeness (QED) is 0.716. The molecule has 1 fully saturated rings. The minimum atomic E-state index is -3.78.